The number of fused-ring (bicyclic) bond motifs is 2. The lowest BCUT2D eigenvalue weighted by Gasteiger charge is -2.28. The Morgan fingerprint density at radius 1 is 1.23 bits per heavy atom. The molecule has 2 aliphatic rings. The van der Waals surface area contributed by atoms with Crippen LogP contribution in [-0.2, 0) is 17.7 Å². The average Bonchev–Trinajstić information content (AvgIpc) is 3.14. The summed E-state index contributed by atoms with van der Waals surface area (Å²) < 4.78 is 15.4. The van der Waals surface area contributed by atoms with Crippen molar-refractivity contribution in [2.24, 2.45) is 0 Å². The average molecular weight is 355 g/mol. The van der Waals surface area contributed by atoms with Crippen LogP contribution in [0.3, 0.4) is 0 Å². The highest BCUT2D eigenvalue weighted by atomic mass is 16.7. The molecular formula is C18H17N3O5. The van der Waals surface area contributed by atoms with Gasteiger partial charge in [-0.15, -0.1) is 0 Å². The second-order valence-corrected chi connectivity index (χ2v) is 5.99. The van der Waals surface area contributed by atoms with Crippen molar-refractivity contribution < 1.29 is 23.8 Å². The monoisotopic (exact) mass is 355 g/mol. The summed E-state index contributed by atoms with van der Waals surface area (Å²) >= 11 is 0. The highest BCUT2D eigenvalue weighted by Gasteiger charge is 2.25. The Hall–Kier alpha value is -3.29. The number of aromatic nitrogens is 1. The number of ether oxygens (including phenoxy) is 3. The lowest BCUT2D eigenvalue weighted by molar-refractivity contribution is 0.102. The summed E-state index contributed by atoms with van der Waals surface area (Å²) in [6.07, 6.45) is 3.42. The molecule has 0 fully saturated rings. The van der Waals surface area contributed by atoms with E-state index in [1.54, 1.807) is 35.5 Å². The van der Waals surface area contributed by atoms with Crippen molar-refractivity contribution >= 4 is 17.7 Å². The summed E-state index contributed by atoms with van der Waals surface area (Å²) in [6, 6.07) is 5.24. The van der Waals surface area contributed by atoms with Gasteiger partial charge in [0.05, 0.1) is 19.2 Å². The molecule has 2 aromatic rings. The topological polar surface area (TPSA) is 90.0 Å². The van der Waals surface area contributed by atoms with Crippen LogP contribution >= 0.6 is 0 Å². The SMILES string of the molecule is COC(=O)N1CCc2c(cncc2C(=O)Nc2ccc3c(c2)OCO3)C1. The smallest absolute Gasteiger partial charge is 0.409 e. The van der Waals surface area contributed by atoms with Gasteiger partial charge in [-0.05, 0) is 29.7 Å². The van der Waals surface area contributed by atoms with Crippen LogP contribution in [-0.4, -0.2) is 42.3 Å². The number of nitrogens with one attached hydrogen (secondary N) is 1. The van der Waals surface area contributed by atoms with Gasteiger partial charge >= 0.3 is 6.09 Å². The number of benzene rings is 1. The standard InChI is InChI=1S/C18H17N3O5/c1-24-18(23)21-5-4-13-11(9-21)7-19-8-14(13)17(22)20-12-2-3-15-16(6-12)26-10-25-15/h2-3,6-8H,4-5,9-10H2,1H3,(H,20,22). The number of pyridine rings is 1. The van der Waals surface area contributed by atoms with Gasteiger partial charge in [-0.25, -0.2) is 4.79 Å². The van der Waals surface area contributed by atoms with Gasteiger partial charge in [-0.1, -0.05) is 0 Å². The molecule has 2 amide bonds. The second-order valence-electron chi connectivity index (χ2n) is 5.99. The first-order chi connectivity index (χ1) is 12.7. The lowest BCUT2D eigenvalue weighted by atomic mass is 9.97. The van der Waals surface area contributed by atoms with Crippen LogP contribution < -0.4 is 14.8 Å². The lowest BCUT2D eigenvalue weighted by Crippen LogP contribution is -2.36. The Morgan fingerprint density at radius 2 is 2.08 bits per heavy atom. The van der Waals surface area contributed by atoms with Crippen LogP contribution in [0.25, 0.3) is 0 Å². The number of rotatable bonds is 2. The first kappa shape index (κ1) is 16.2. The molecule has 1 N–H and O–H groups in total. The van der Waals surface area contributed by atoms with Crippen LogP contribution in [0.4, 0.5) is 10.5 Å². The third-order valence-corrected chi connectivity index (χ3v) is 4.45. The Kier molecular flexibility index (Phi) is 4.08. The van der Waals surface area contributed by atoms with Gasteiger partial charge in [0, 0.05) is 30.7 Å². The predicted molar refractivity (Wildman–Crippen MR) is 91.3 cm³/mol. The molecule has 3 heterocycles. The molecule has 0 spiro atoms. The number of hydrogen-bond donors (Lipinski definition) is 1. The van der Waals surface area contributed by atoms with E-state index in [-0.39, 0.29) is 18.8 Å². The third-order valence-electron chi connectivity index (χ3n) is 4.45. The number of hydrogen-bond acceptors (Lipinski definition) is 6. The first-order valence-corrected chi connectivity index (χ1v) is 8.15. The zero-order chi connectivity index (χ0) is 18.1. The van der Waals surface area contributed by atoms with Crippen molar-refractivity contribution in [3.8, 4) is 11.5 Å². The van der Waals surface area contributed by atoms with Crippen molar-refractivity contribution in [1.29, 1.82) is 0 Å². The quantitative estimate of drug-likeness (QED) is 0.888. The molecule has 0 saturated carbocycles. The van der Waals surface area contributed by atoms with Gasteiger partial charge in [0.25, 0.3) is 5.91 Å². The molecule has 8 heteroatoms. The number of amides is 2. The molecule has 0 bridgehead atoms. The number of anilines is 1. The van der Waals surface area contributed by atoms with E-state index in [1.807, 2.05) is 0 Å². The second kappa shape index (κ2) is 6.55. The van der Waals surface area contributed by atoms with Crippen LogP contribution in [0.1, 0.15) is 21.5 Å². The van der Waals surface area contributed by atoms with E-state index in [0.717, 1.165) is 11.1 Å². The summed E-state index contributed by atoms with van der Waals surface area (Å²) in [6.45, 7) is 1.05. The van der Waals surface area contributed by atoms with Gasteiger partial charge in [0.15, 0.2) is 11.5 Å². The molecule has 8 nitrogen and oxygen atoms in total. The number of methoxy groups -OCH3 is 1. The Morgan fingerprint density at radius 3 is 2.92 bits per heavy atom. The molecule has 0 atom stereocenters. The minimum absolute atomic E-state index is 0.180. The normalized spacial score (nSPS) is 14.6. The summed E-state index contributed by atoms with van der Waals surface area (Å²) in [5.41, 5.74) is 2.87. The zero-order valence-electron chi connectivity index (χ0n) is 14.2. The largest absolute Gasteiger partial charge is 0.454 e. The summed E-state index contributed by atoms with van der Waals surface area (Å²) in [7, 11) is 1.35. The van der Waals surface area contributed by atoms with E-state index in [2.05, 4.69) is 10.3 Å². The molecule has 0 saturated heterocycles. The van der Waals surface area contributed by atoms with Gasteiger partial charge in [0.1, 0.15) is 0 Å². The molecule has 0 unspecified atom stereocenters. The van der Waals surface area contributed by atoms with Crippen molar-refractivity contribution in [2.45, 2.75) is 13.0 Å². The first-order valence-electron chi connectivity index (χ1n) is 8.15. The minimum Gasteiger partial charge on any atom is -0.454 e. The van der Waals surface area contributed by atoms with Crippen molar-refractivity contribution in [2.75, 3.05) is 25.8 Å². The predicted octanol–water partition coefficient (Wildman–Crippen LogP) is 2.19. The fourth-order valence-electron chi connectivity index (χ4n) is 3.15. The molecule has 134 valence electrons. The molecule has 0 radical (unpaired) electrons. The van der Waals surface area contributed by atoms with Gasteiger partial charge in [0.2, 0.25) is 6.79 Å². The number of carbonyl (C=O) groups is 2. The van der Waals surface area contributed by atoms with E-state index in [1.165, 1.54) is 7.11 Å². The molecule has 4 rings (SSSR count). The van der Waals surface area contributed by atoms with E-state index >= 15 is 0 Å². The van der Waals surface area contributed by atoms with E-state index in [4.69, 9.17) is 14.2 Å². The Balaban J connectivity index is 1.55. The molecule has 1 aromatic heterocycles. The maximum absolute atomic E-state index is 12.7. The fraction of sp³-hybridized carbons (Fsp3) is 0.278. The summed E-state index contributed by atoms with van der Waals surface area (Å²) in [5.74, 6) is 1.01. The Labute approximate surface area is 149 Å². The van der Waals surface area contributed by atoms with Crippen LogP contribution in [0.5, 0.6) is 11.5 Å². The van der Waals surface area contributed by atoms with Crippen LogP contribution in [0, 0.1) is 0 Å². The van der Waals surface area contributed by atoms with Crippen molar-refractivity contribution in [3.05, 3.63) is 47.3 Å². The van der Waals surface area contributed by atoms with Crippen molar-refractivity contribution in [3.63, 3.8) is 0 Å². The van der Waals surface area contributed by atoms with E-state index in [9.17, 15) is 9.59 Å². The molecule has 1 aromatic carbocycles. The summed E-state index contributed by atoms with van der Waals surface area (Å²) in [5, 5.41) is 2.86. The van der Waals surface area contributed by atoms with E-state index < -0.39 is 0 Å². The zero-order valence-corrected chi connectivity index (χ0v) is 14.2. The van der Waals surface area contributed by atoms with Crippen molar-refractivity contribution in [1.82, 2.24) is 9.88 Å². The molecule has 2 aliphatic heterocycles. The third kappa shape index (κ3) is 2.90. The fourth-order valence-corrected chi connectivity index (χ4v) is 3.15. The maximum Gasteiger partial charge on any atom is 0.409 e. The highest BCUT2D eigenvalue weighted by molar-refractivity contribution is 6.05. The minimum atomic E-state index is -0.383. The Bertz CT molecular complexity index is 883. The molecular weight excluding hydrogens is 338 g/mol. The number of nitrogens with zero attached hydrogens (tertiary/aromatic N) is 2. The highest BCUT2D eigenvalue weighted by Crippen LogP contribution is 2.34. The van der Waals surface area contributed by atoms with Gasteiger partial charge < -0.3 is 24.4 Å². The van der Waals surface area contributed by atoms with Gasteiger partial charge in [-0.3, -0.25) is 9.78 Å². The molecule has 26 heavy (non-hydrogen) atoms. The number of carbonyl (C=O) groups excluding carboxylic acids is 2. The van der Waals surface area contributed by atoms with Crippen LogP contribution in [0.2, 0.25) is 0 Å². The summed E-state index contributed by atoms with van der Waals surface area (Å²) in [4.78, 5) is 30.2. The van der Waals surface area contributed by atoms with E-state index in [0.29, 0.717) is 42.3 Å². The van der Waals surface area contributed by atoms with Crippen LogP contribution in [0.15, 0.2) is 30.6 Å². The molecule has 0 aliphatic carbocycles. The van der Waals surface area contributed by atoms with Gasteiger partial charge in [-0.2, -0.15) is 0 Å². The maximum atomic E-state index is 12.7.